The van der Waals surface area contributed by atoms with Crippen molar-refractivity contribution in [2.45, 2.75) is 129 Å². The second-order valence-corrected chi connectivity index (χ2v) is 30.3. The predicted molar refractivity (Wildman–Crippen MR) is 414 cm³/mol. The molecular weight excluding hydrogens is 1350 g/mol. The Kier molecular flexibility index (Phi) is 22.9. The molecule has 102 heavy (non-hydrogen) atoms. The lowest BCUT2D eigenvalue weighted by Gasteiger charge is -2.33. The molecule has 3 atom stereocenters. The molecule has 3 aliphatic carbocycles. The Labute approximate surface area is 609 Å². The molecule has 3 fully saturated rings. The third-order valence-electron chi connectivity index (χ3n) is 20.4. The molecule has 6 aromatic heterocycles. The molecule has 0 radical (unpaired) electrons. The normalized spacial score (nSPS) is 18.3. The number of carbonyl (C=O) groups excluding carboxylic acids is 2. The van der Waals surface area contributed by atoms with E-state index in [4.69, 9.17) is 39.4 Å². The van der Waals surface area contributed by atoms with Gasteiger partial charge in [0.05, 0.1) is 39.6 Å². The molecule has 9 aromatic rings. The Morgan fingerprint density at radius 3 is 1.21 bits per heavy atom. The zero-order valence-corrected chi connectivity index (χ0v) is 63.3. The number of aromatic nitrogens is 6. The molecule has 544 valence electrons. The smallest absolute Gasteiger partial charge is 0.410 e. The molecule has 3 aromatic carbocycles. The first kappa shape index (κ1) is 73.2. The number of morpholine rings is 3. The molecule has 15 rings (SSSR count). The Hall–Kier alpha value is -8.61. The zero-order valence-electron chi connectivity index (χ0n) is 61.7. The summed E-state index contributed by atoms with van der Waals surface area (Å²) in [4.78, 5) is 50.0. The van der Waals surface area contributed by atoms with E-state index in [0.717, 1.165) is 186 Å². The van der Waals surface area contributed by atoms with Crippen LogP contribution < -0.4 is 36.4 Å². The minimum atomic E-state index is -0.499. The number of fused-ring (bicyclic) bond motifs is 9. The van der Waals surface area contributed by atoms with E-state index in [2.05, 4.69) is 178 Å². The number of nitrogens with one attached hydrogen (secondary N) is 3. The number of rotatable bonds is 10. The van der Waals surface area contributed by atoms with Gasteiger partial charge in [-0.1, -0.05) is 0 Å². The van der Waals surface area contributed by atoms with E-state index in [1.165, 1.54) is 68.0 Å². The van der Waals surface area contributed by atoms with Crippen LogP contribution in [0.3, 0.4) is 0 Å². The number of pyridine rings is 3. The molecule has 5 N–H and O–H groups in total. The summed E-state index contributed by atoms with van der Waals surface area (Å²) in [5.74, 6) is 1.71. The zero-order chi connectivity index (χ0) is 72.0. The lowest BCUT2D eigenvalue weighted by atomic mass is 9.91. The maximum Gasteiger partial charge on any atom is 0.410 e. The van der Waals surface area contributed by atoms with Gasteiger partial charge in [-0.05, 0) is 248 Å². The maximum atomic E-state index is 12.6. The first-order valence-corrected chi connectivity index (χ1v) is 37.0. The van der Waals surface area contributed by atoms with Crippen molar-refractivity contribution < 1.29 is 33.3 Å². The monoisotopic (exact) mass is 1450 g/mol. The third-order valence-corrected chi connectivity index (χ3v) is 20.9. The van der Waals surface area contributed by atoms with Crippen LogP contribution in [-0.4, -0.2) is 180 Å². The van der Waals surface area contributed by atoms with Crippen molar-refractivity contribution in [2.75, 3.05) is 131 Å². The number of carbonyl (C=O) groups is 2. The van der Waals surface area contributed by atoms with Gasteiger partial charge in [0, 0.05) is 160 Å². The molecule has 23 heteroatoms. The van der Waals surface area contributed by atoms with Gasteiger partial charge >= 0.3 is 12.2 Å². The van der Waals surface area contributed by atoms with Crippen LogP contribution in [0.2, 0.25) is 0 Å². The number of nitrogens with zero attached hydrogens (tertiary/aromatic N) is 11. The number of ether oxygens (including phenoxy) is 5. The highest BCUT2D eigenvalue weighted by molar-refractivity contribution is 9.10. The number of amides is 2. The van der Waals surface area contributed by atoms with Crippen molar-refractivity contribution in [1.82, 2.24) is 43.8 Å². The van der Waals surface area contributed by atoms with Crippen LogP contribution in [0, 0.1) is 0 Å². The molecular formula is C79H104BrN15O7. The van der Waals surface area contributed by atoms with Gasteiger partial charge in [-0.3, -0.25) is 0 Å². The van der Waals surface area contributed by atoms with Crippen LogP contribution in [0.4, 0.5) is 55.3 Å². The van der Waals surface area contributed by atoms with Gasteiger partial charge in [-0.15, -0.1) is 0 Å². The lowest BCUT2D eigenvalue weighted by molar-refractivity contribution is 0.0199. The van der Waals surface area contributed by atoms with Crippen LogP contribution in [0.25, 0.3) is 33.1 Å². The van der Waals surface area contributed by atoms with Crippen molar-refractivity contribution in [3.05, 3.63) is 148 Å². The van der Waals surface area contributed by atoms with E-state index in [0.29, 0.717) is 6.04 Å². The second-order valence-electron chi connectivity index (χ2n) is 29.5. The number of likely N-dealkylation sites (N-methyl/N-ethyl adjacent to an activating group) is 3. The molecule has 0 saturated carbocycles. The summed E-state index contributed by atoms with van der Waals surface area (Å²) in [6, 6.07) is 38.5. The fourth-order valence-electron chi connectivity index (χ4n) is 14.8. The summed E-state index contributed by atoms with van der Waals surface area (Å²) >= 11 is 3.45. The van der Waals surface area contributed by atoms with E-state index >= 15 is 0 Å². The molecule has 2 amide bonds. The van der Waals surface area contributed by atoms with Crippen molar-refractivity contribution in [3.8, 4) is 0 Å². The van der Waals surface area contributed by atoms with Crippen LogP contribution in [0.5, 0.6) is 0 Å². The standard InChI is InChI=1S/C28H37N5O3.C23H29N5O.C18H24BrN3O2.C10H14N2O/c1-28(2,3)36-27(34)31(4)21-10-12-24-23(18-21)22-11-13-25(30-26(22)32(24)5)29-19-6-8-20(9-7-19)33-14-16-35-17-15-33;1-24-17-5-9-21-20(15-17)19-8-10-22(26-23(19)27(21)2)25-16-3-6-18(7-4-16)28-11-13-29-14-12-28;1-18(2,3)24-17(23)21(4)11-6-8-14-13(10-11)12-7-9-15(19)20-16(12)22(14)5;11-9-1-3-10(4-2-9)12-5-7-13-8-6-12/h6-9,11,13,21H,10,12,14-18H2,1-5H3,(H,29,30);3-4,6-8,10,17,24H,5,9,11-15H2,1-2H3,(H,25,26);7,9,11H,6,8,10H2,1-5H3;1-4H,5-8,11H2. The Bertz CT molecular complexity index is 4350. The molecule has 0 bridgehead atoms. The molecule has 3 aliphatic heterocycles. The third kappa shape index (κ3) is 17.4. The van der Waals surface area contributed by atoms with Crippen LogP contribution in [0.15, 0.2) is 114 Å². The first-order chi connectivity index (χ1) is 48.9. The summed E-state index contributed by atoms with van der Waals surface area (Å²) in [6.07, 6.45) is 8.21. The highest BCUT2D eigenvalue weighted by Crippen LogP contribution is 2.37. The van der Waals surface area contributed by atoms with Crippen LogP contribution in [-0.2, 0) is 83.4 Å². The average molecular weight is 1460 g/mol. The fourth-order valence-corrected chi connectivity index (χ4v) is 15.1. The fraction of sp³-hybridized carbons (Fsp3) is 0.481. The average Bonchev–Trinajstić information content (AvgIpc) is 1.63. The summed E-state index contributed by atoms with van der Waals surface area (Å²) in [7, 11) is 12.1. The second kappa shape index (κ2) is 32.0. The van der Waals surface area contributed by atoms with E-state index in [9.17, 15) is 9.59 Å². The van der Waals surface area contributed by atoms with Gasteiger partial charge in [-0.2, -0.15) is 0 Å². The van der Waals surface area contributed by atoms with Crippen LogP contribution in [0.1, 0.15) is 94.6 Å². The minimum Gasteiger partial charge on any atom is -0.444 e. The van der Waals surface area contributed by atoms with E-state index in [1.807, 2.05) is 79.9 Å². The topological polar surface area (TPSA) is 212 Å². The number of anilines is 8. The highest BCUT2D eigenvalue weighted by Gasteiger charge is 2.34. The molecule has 3 unspecified atom stereocenters. The quantitative estimate of drug-likeness (QED) is 0.0740. The SMILES string of the molecule is CN(C(=O)OC(C)(C)C)C1CCc2c(c3ccc(Br)nc3n2C)C1.CN(C(=O)OC(C)(C)C)C1CCc2c(c3ccc(Nc4ccc(N5CCOCC5)cc4)nc3n2C)C1.CNC1CCc2c(c3ccc(Nc4ccc(N5CCOCC5)cc4)nc3n2C)C1.Nc1ccc(N2CCOCC2)cc1. The van der Waals surface area contributed by atoms with Gasteiger partial charge < -0.3 is 83.6 Å². The van der Waals surface area contributed by atoms with Crippen molar-refractivity contribution in [1.29, 1.82) is 0 Å². The first-order valence-electron chi connectivity index (χ1n) is 36.2. The van der Waals surface area contributed by atoms with Gasteiger partial charge in [0.1, 0.15) is 44.4 Å². The number of nitrogen functional groups attached to an aromatic ring is 1. The van der Waals surface area contributed by atoms with E-state index < -0.39 is 11.2 Å². The molecule has 0 spiro atoms. The molecule has 3 saturated heterocycles. The van der Waals surface area contributed by atoms with Crippen molar-refractivity contribution in [3.63, 3.8) is 0 Å². The molecule has 6 aliphatic rings. The Morgan fingerprint density at radius 2 is 0.833 bits per heavy atom. The summed E-state index contributed by atoms with van der Waals surface area (Å²) in [5, 5.41) is 14.0. The molecule has 9 heterocycles. The Balaban J connectivity index is 0.000000135. The number of benzene rings is 3. The predicted octanol–water partition coefficient (Wildman–Crippen LogP) is 13.3. The van der Waals surface area contributed by atoms with Crippen molar-refractivity contribution in [2.24, 2.45) is 21.1 Å². The van der Waals surface area contributed by atoms with Gasteiger partial charge in [0.15, 0.2) is 0 Å². The highest BCUT2D eigenvalue weighted by atomic mass is 79.9. The largest absolute Gasteiger partial charge is 0.444 e. The number of hydrogen-bond acceptors (Lipinski definition) is 17. The Morgan fingerprint density at radius 1 is 0.490 bits per heavy atom. The van der Waals surface area contributed by atoms with E-state index in [-0.39, 0.29) is 24.3 Å². The van der Waals surface area contributed by atoms with E-state index in [1.54, 1.807) is 9.80 Å². The number of hydrogen-bond donors (Lipinski definition) is 4. The number of halogens is 1. The summed E-state index contributed by atoms with van der Waals surface area (Å²) < 4.78 is 34.8. The van der Waals surface area contributed by atoms with Gasteiger partial charge in [0.2, 0.25) is 0 Å². The van der Waals surface area contributed by atoms with Gasteiger partial charge in [0.25, 0.3) is 0 Å². The maximum absolute atomic E-state index is 12.6. The van der Waals surface area contributed by atoms with Crippen LogP contribution >= 0.6 is 15.9 Å². The number of aryl methyl sites for hydroxylation is 3. The summed E-state index contributed by atoms with van der Waals surface area (Å²) in [5.41, 5.74) is 22.4. The lowest BCUT2D eigenvalue weighted by Crippen LogP contribution is -2.43. The summed E-state index contributed by atoms with van der Waals surface area (Å²) in [6.45, 7) is 21.9. The molecule has 22 nitrogen and oxygen atoms in total. The minimum absolute atomic E-state index is 0.112. The van der Waals surface area contributed by atoms with Gasteiger partial charge in [-0.25, -0.2) is 24.5 Å². The van der Waals surface area contributed by atoms with Crippen molar-refractivity contribution >= 4 is 107 Å². The number of nitrogens with two attached hydrogens (primary N) is 1.